The minimum atomic E-state index is -1.29. The van der Waals surface area contributed by atoms with Crippen molar-refractivity contribution in [1.82, 2.24) is 0 Å². The number of fused-ring (bicyclic) bond motifs is 1. The Hall–Kier alpha value is -1.55. The number of benzene rings is 1. The summed E-state index contributed by atoms with van der Waals surface area (Å²) in [5.41, 5.74) is 0.414. The first-order valence-electron chi connectivity index (χ1n) is 5.74. The molecule has 0 spiro atoms. The summed E-state index contributed by atoms with van der Waals surface area (Å²) < 4.78 is 10.4. The van der Waals surface area contributed by atoms with E-state index in [1.807, 2.05) is 18.2 Å². The number of hydrogen-bond acceptors (Lipinski definition) is 4. The highest BCUT2D eigenvalue weighted by Crippen LogP contribution is 2.41. The van der Waals surface area contributed by atoms with Crippen molar-refractivity contribution in [3.63, 3.8) is 0 Å². The van der Waals surface area contributed by atoms with E-state index in [9.17, 15) is 5.11 Å². The molecular weight excluding hydrogens is 218 g/mol. The van der Waals surface area contributed by atoms with Gasteiger partial charge in [-0.1, -0.05) is 12.1 Å². The van der Waals surface area contributed by atoms with Crippen LogP contribution in [-0.2, 0) is 16.8 Å². The molecule has 4 nitrogen and oxygen atoms in total. The van der Waals surface area contributed by atoms with E-state index in [1.54, 1.807) is 14.0 Å². The summed E-state index contributed by atoms with van der Waals surface area (Å²) in [5.74, 6) is 0.690. The molecule has 1 aliphatic carbocycles. The average molecular weight is 235 g/mol. The van der Waals surface area contributed by atoms with Crippen LogP contribution in [0.2, 0.25) is 0 Å². The van der Waals surface area contributed by atoms with Crippen molar-refractivity contribution in [2.75, 3.05) is 13.7 Å². The SMILES string of the molecule is CCOC(=N)C1(O)CCc2c(OC)cccc21. The van der Waals surface area contributed by atoms with E-state index in [2.05, 4.69) is 0 Å². The summed E-state index contributed by atoms with van der Waals surface area (Å²) in [7, 11) is 1.61. The van der Waals surface area contributed by atoms with Crippen LogP contribution in [0.1, 0.15) is 24.5 Å². The molecule has 0 heterocycles. The largest absolute Gasteiger partial charge is 0.496 e. The number of nitrogens with one attached hydrogen (secondary N) is 1. The number of hydrogen-bond donors (Lipinski definition) is 2. The van der Waals surface area contributed by atoms with Crippen molar-refractivity contribution in [1.29, 1.82) is 5.41 Å². The second-order valence-corrected chi connectivity index (χ2v) is 4.11. The molecule has 2 N–H and O–H groups in total. The van der Waals surface area contributed by atoms with Crippen LogP contribution in [0.3, 0.4) is 0 Å². The van der Waals surface area contributed by atoms with Gasteiger partial charge in [-0.05, 0) is 31.4 Å². The van der Waals surface area contributed by atoms with Crippen molar-refractivity contribution in [3.05, 3.63) is 29.3 Å². The summed E-state index contributed by atoms with van der Waals surface area (Å²) in [4.78, 5) is 0. The van der Waals surface area contributed by atoms with Gasteiger partial charge in [0.05, 0.1) is 13.7 Å². The van der Waals surface area contributed by atoms with Gasteiger partial charge < -0.3 is 14.6 Å². The van der Waals surface area contributed by atoms with Gasteiger partial charge in [0.2, 0.25) is 5.90 Å². The lowest BCUT2D eigenvalue weighted by molar-refractivity contribution is 0.0782. The molecule has 17 heavy (non-hydrogen) atoms. The highest BCUT2D eigenvalue weighted by atomic mass is 16.5. The Bertz CT molecular complexity index is 444. The number of rotatable bonds is 3. The Morgan fingerprint density at radius 1 is 1.53 bits per heavy atom. The molecule has 92 valence electrons. The van der Waals surface area contributed by atoms with Gasteiger partial charge in [-0.15, -0.1) is 0 Å². The lowest BCUT2D eigenvalue weighted by Gasteiger charge is -2.24. The van der Waals surface area contributed by atoms with E-state index in [0.717, 1.165) is 16.9 Å². The molecule has 1 aliphatic rings. The van der Waals surface area contributed by atoms with Crippen molar-refractivity contribution < 1.29 is 14.6 Å². The van der Waals surface area contributed by atoms with E-state index < -0.39 is 5.60 Å². The molecule has 1 aromatic rings. The Balaban J connectivity index is 2.42. The maximum Gasteiger partial charge on any atom is 0.218 e. The Kier molecular flexibility index (Phi) is 3.07. The van der Waals surface area contributed by atoms with Crippen LogP contribution in [0.25, 0.3) is 0 Å². The molecule has 0 radical (unpaired) electrons. The highest BCUT2D eigenvalue weighted by molar-refractivity contribution is 5.85. The van der Waals surface area contributed by atoms with E-state index in [-0.39, 0.29) is 5.90 Å². The van der Waals surface area contributed by atoms with Gasteiger partial charge >= 0.3 is 0 Å². The molecule has 0 saturated carbocycles. The van der Waals surface area contributed by atoms with Crippen LogP contribution in [0, 0.1) is 5.41 Å². The van der Waals surface area contributed by atoms with Crippen LogP contribution in [0.4, 0.5) is 0 Å². The van der Waals surface area contributed by atoms with Gasteiger partial charge in [-0.3, -0.25) is 5.41 Å². The average Bonchev–Trinajstić information content (AvgIpc) is 2.69. The van der Waals surface area contributed by atoms with Crippen molar-refractivity contribution in [2.24, 2.45) is 0 Å². The molecule has 1 aromatic carbocycles. The molecule has 0 aliphatic heterocycles. The van der Waals surface area contributed by atoms with Crippen LogP contribution >= 0.6 is 0 Å². The van der Waals surface area contributed by atoms with Gasteiger partial charge in [0, 0.05) is 5.56 Å². The lowest BCUT2D eigenvalue weighted by atomic mass is 9.95. The maximum absolute atomic E-state index is 10.6. The molecule has 4 heteroatoms. The predicted molar refractivity (Wildman–Crippen MR) is 64.6 cm³/mol. The Morgan fingerprint density at radius 2 is 2.29 bits per heavy atom. The van der Waals surface area contributed by atoms with Gasteiger partial charge in [-0.25, -0.2) is 0 Å². The second kappa shape index (κ2) is 4.37. The van der Waals surface area contributed by atoms with Gasteiger partial charge in [0.1, 0.15) is 5.75 Å². The fourth-order valence-electron chi connectivity index (χ4n) is 2.34. The summed E-state index contributed by atoms with van der Waals surface area (Å²) in [5, 5.41) is 18.4. The zero-order valence-corrected chi connectivity index (χ0v) is 10.1. The van der Waals surface area contributed by atoms with E-state index in [0.29, 0.717) is 19.4 Å². The molecule has 0 bridgehead atoms. The third kappa shape index (κ3) is 1.78. The Labute approximate surface area is 101 Å². The molecule has 0 fully saturated rings. The first-order chi connectivity index (χ1) is 8.13. The minimum absolute atomic E-state index is 0.0768. The summed E-state index contributed by atoms with van der Waals surface area (Å²) in [6, 6.07) is 5.53. The van der Waals surface area contributed by atoms with Crippen LogP contribution in [0.5, 0.6) is 5.75 Å². The molecule has 1 atom stereocenters. The fourth-order valence-corrected chi connectivity index (χ4v) is 2.34. The molecule has 1 unspecified atom stereocenters. The maximum atomic E-state index is 10.6. The summed E-state index contributed by atoms with van der Waals surface area (Å²) in [6.45, 7) is 2.19. The number of methoxy groups -OCH3 is 1. The topological polar surface area (TPSA) is 62.5 Å². The normalized spacial score (nSPS) is 22.1. The first-order valence-corrected chi connectivity index (χ1v) is 5.74. The number of ether oxygens (including phenoxy) is 2. The molecule has 0 saturated heterocycles. The van der Waals surface area contributed by atoms with E-state index >= 15 is 0 Å². The molecule has 2 rings (SSSR count). The summed E-state index contributed by atoms with van der Waals surface area (Å²) in [6.07, 6.45) is 1.17. The molecule has 0 amide bonds. The van der Waals surface area contributed by atoms with Crippen LogP contribution in [0.15, 0.2) is 18.2 Å². The molecular formula is C13H17NO3. The quantitative estimate of drug-likeness (QED) is 0.620. The number of aliphatic hydroxyl groups is 1. The van der Waals surface area contributed by atoms with Crippen molar-refractivity contribution in [3.8, 4) is 5.75 Å². The fraction of sp³-hybridized carbons (Fsp3) is 0.462. The van der Waals surface area contributed by atoms with Crippen LogP contribution in [-0.4, -0.2) is 24.7 Å². The smallest absolute Gasteiger partial charge is 0.218 e. The zero-order valence-electron chi connectivity index (χ0n) is 10.1. The van der Waals surface area contributed by atoms with Gasteiger partial charge in [0.25, 0.3) is 0 Å². The standard InChI is InChI=1S/C13H17NO3/c1-3-17-12(14)13(15)8-7-9-10(13)5-4-6-11(9)16-2/h4-6,14-15H,3,7-8H2,1-2H3. The zero-order chi connectivity index (χ0) is 12.5. The third-order valence-electron chi connectivity index (χ3n) is 3.20. The Morgan fingerprint density at radius 3 is 2.94 bits per heavy atom. The molecule has 0 aromatic heterocycles. The van der Waals surface area contributed by atoms with Gasteiger partial charge in [0.15, 0.2) is 5.60 Å². The minimum Gasteiger partial charge on any atom is -0.496 e. The third-order valence-corrected chi connectivity index (χ3v) is 3.20. The van der Waals surface area contributed by atoms with E-state index in [1.165, 1.54) is 0 Å². The van der Waals surface area contributed by atoms with E-state index in [4.69, 9.17) is 14.9 Å². The van der Waals surface area contributed by atoms with Crippen molar-refractivity contribution >= 4 is 5.90 Å². The van der Waals surface area contributed by atoms with Crippen LogP contribution < -0.4 is 4.74 Å². The van der Waals surface area contributed by atoms with Crippen molar-refractivity contribution in [2.45, 2.75) is 25.4 Å². The summed E-state index contributed by atoms with van der Waals surface area (Å²) >= 11 is 0. The monoisotopic (exact) mass is 235 g/mol. The second-order valence-electron chi connectivity index (χ2n) is 4.11. The predicted octanol–water partition coefficient (Wildman–Crippen LogP) is 1.84. The first kappa shape index (κ1) is 11.9. The lowest BCUT2D eigenvalue weighted by Crippen LogP contribution is -2.34. The van der Waals surface area contributed by atoms with Gasteiger partial charge in [-0.2, -0.15) is 0 Å². The highest BCUT2D eigenvalue weighted by Gasteiger charge is 2.43.